The van der Waals surface area contributed by atoms with Crippen LogP contribution in [0.2, 0.25) is 0 Å². The lowest BCUT2D eigenvalue weighted by atomic mass is 10.2. The molecule has 0 bridgehead atoms. The maximum absolute atomic E-state index is 10.8. The van der Waals surface area contributed by atoms with Crippen LogP contribution < -0.4 is 0 Å². The monoisotopic (exact) mass is 223 g/mol. The van der Waals surface area contributed by atoms with Gasteiger partial charge in [-0.2, -0.15) is 5.26 Å². The standard InChI is InChI=1S/C9H9N3O2S/c1-9(2,7(13)14)15-8-11-4-3-6(5-10)12-8/h3-4H,1-2H3,(H,13,14). The Bertz CT molecular complexity index is 426. The number of hydrogen-bond acceptors (Lipinski definition) is 5. The highest BCUT2D eigenvalue weighted by molar-refractivity contribution is 8.01. The first-order valence-electron chi connectivity index (χ1n) is 4.11. The van der Waals surface area contributed by atoms with E-state index in [9.17, 15) is 4.79 Å². The van der Waals surface area contributed by atoms with E-state index in [4.69, 9.17) is 10.4 Å². The molecule has 78 valence electrons. The molecule has 0 saturated heterocycles. The second-order valence-electron chi connectivity index (χ2n) is 3.25. The van der Waals surface area contributed by atoms with Gasteiger partial charge in [0, 0.05) is 6.20 Å². The molecule has 0 radical (unpaired) electrons. The quantitative estimate of drug-likeness (QED) is 0.614. The van der Waals surface area contributed by atoms with E-state index in [2.05, 4.69) is 9.97 Å². The Balaban J connectivity index is 2.91. The number of carboxylic acid groups (broad SMARTS) is 1. The Morgan fingerprint density at radius 3 is 2.87 bits per heavy atom. The summed E-state index contributed by atoms with van der Waals surface area (Å²) >= 11 is 1.01. The van der Waals surface area contributed by atoms with Crippen molar-refractivity contribution in [2.24, 2.45) is 0 Å². The molecular weight excluding hydrogens is 214 g/mol. The number of nitriles is 1. The van der Waals surface area contributed by atoms with Crippen LogP contribution >= 0.6 is 11.8 Å². The molecule has 1 aromatic heterocycles. The lowest BCUT2D eigenvalue weighted by Gasteiger charge is -2.16. The summed E-state index contributed by atoms with van der Waals surface area (Å²) in [6, 6.07) is 3.34. The molecule has 5 nitrogen and oxygen atoms in total. The molecule has 0 amide bonds. The molecule has 0 aliphatic heterocycles. The van der Waals surface area contributed by atoms with E-state index in [1.54, 1.807) is 13.8 Å². The lowest BCUT2D eigenvalue weighted by Crippen LogP contribution is -2.27. The zero-order chi connectivity index (χ0) is 11.5. The predicted octanol–water partition coefficient (Wildman–Crippen LogP) is 1.30. The van der Waals surface area contributed by atoms with Crippen LogP contribution in [-0.4, -0.2) is 25.8 Å². The third kappa shape index (κ3) is 2.92. The Kier molecular flexibility index (Phi) is 3.27. The molecule has 1 heterocycles. The maximum atomic E-state index is 10.8. The number of aromatic nitrogens is 2. The van der Waals surface area contributed by atoms with Crippen molar-refractivity contribution in [3.8, 4) is 6.07 Å². The van der Waals surface area contributed by atoms with Crippen molar-refractivity contribution in [3.63, 3.8) is 0 Å². The summed E-state index contributed by atoms with van der Waals surface area (Å²) in [6.45, 7) is 3.12. The molecule has 0 aliphatic carbocycles. The third-order valence-electron chi connectivity index (χ3n) is 1.61. The normalized spacial score (nSPS) is 10.7. The Morgan fingerprint density at radius 2 is 2.33 bits per heavy atom. The number of thioether (sulfide) groups is 1. The number of hydrogen-bond donors (Lipinski definition) is 1. The smallest absolute Gasteiger partial charge is 0.319 e. The minimum atomic E-state index is -1.01. The first-order valence-corrected chi connectivity index (χ1v) is 4.93. The van der Waals surface area contributed by atoms with E-state index < -0.39 is 10.7 Å². The molecule has 0 aromatic carbocycles. The number of rotatable bonds is 3. The number of carbonyl (C=O) groups is 1. The van der Waals surface area contributed by atoms with Gasteiger partial charge in [-0.3, -0.25) is 4.79 Å². The fourth-order valence-corrected chi connectivity index (χ4v) is 1.53. The van der Waals surface area contributed by atoms with Crippen LogP contribution in [0.25, 0.3) is 0 Å². The molecule has 6 heteroatoms. The SMILES string of the molecule is CC(C)(Sc1nccc(C#N)n1)C(=O)O. The minimum Gasteiger partial charge on any atom is -0.480 e. The zero-order valence-corrected chi connectivity index (χ0v) is 9.08. The topological polar surface area (TPSA) is 86.9 Å². The van der Waals surface area contributed by atoms with Gasteiger partial charge in [-0.05, 0) is 19.9 Å². The highest BCUT2D eigenvalue weighted by atomic mass is 32.2. The zero-order valence-electron chi connectivity index (χ0n) is 8.26. The van der Waals surface area contributed by atoms with Gasteiger partial charge < -0.3 is 5.11 Å². The molecule has 0 unspecified atom stereocenters. The summed E-state index contributed by atoms with van der Waals surface area (Å²) in [5, 5.41) is 17.8. The third-order valence-corrected chi connectivity index (χ3v) is 2.67. The van der Waals surface area contributed by atoms with Crippen LogP contribution in [0.15, 0.2) is 17.4 Å². The highest BCUT2D eigenvalue weighted by Gasteiger charge is 2.29. The summed E-state index contributed by atoms with van der Waals surface area (Å²) in [7, 11) is 0. The average molecular weight is 223 g/mol. The highest BCUT2D eigenvalue weighted by Crippen LogP contribution is 2.29. The van der Waals surface area contributed by atoms with Gasteiger partial charge in [-0.15, -0.1) is 0 Å². The summed E-state index contributed by atoms with van der Waals surface area (Å²) < 4.78 is -1.01. The molecule has 0 atom stereocenters. The average Bonchev–Trinajstić information content (AvgIpc) is 2.17. The van der Waals surface area contributed by atoms with Gasteiger partial charge in [0.1, 0.15) is 16.5 Å². The van der Waals surface area contributed by atoms with Crippen molar-refractivity contribution in [1.29, 1.82) is 5.26 Å². The largest absolute Gasteiger partial charge is 0.480 e. The van der Waals surface area contributed by atoms with Gasteiger partial charge in [0.15, 0.2) is 5.16 Å². The van der Waals surface area contributed by atoms with Crippen molar-refractivity contribution in [2.75, 3.05) is 0 Å². The molecule has 0 fully saturated rings. The fraction of sp³-hybridized carbons (Fsp3) is 0.333. The molecule has 1 rings (SSSR count). The van der Waals surface area contributed by atoms with E-state index in [0.717, 1.165) is 11.8 Å². The van der Waals surface area contributed by atoms with Crippen LogP contribution in [0.5, 0.6) is 0 Å². The molecule has 1 N–H and O–H groups in total. The molecule has 1 aromatic rings. The van der Waals surface area contributed by atoms with Crippen LogP contribution in [0, 0.1) is 11.3 Å². The van der Waals surface area contributed by atoms with Crippen molar-refractivity contribution in [1.82, 2.24) is 9.97 Å². The first-order chi connectivity index (χ1) is 6.95. The van der Waals surface area contributed by atoms with Gasteiger partial charge in [0.05, 0.1) is 0 Å². The van der Waals surface area contributed by atoms with Gasteiger partial charge >= 0.3 is 5.97 Å². The van der Waals surface area contributed by atoms with Gasteiger partial charge in [0.25, 0.3) is 0 Å². The van der Waals surface area contributed by atoms with E-state index >= 15 is 0 Å². The summed E-state index contributed by atoms with van der Waals surface area (Å²) in [4.78, 5) is 18.6. The maximum Gasteiger partial charge on any atom is 0.319 e. The molecule has 0 aliphatic rings. The number of carboxylic acids is 1. The number of aliphatic carboxylic acids is 1. The summed E-state index contributed by atoms with van der Waals surface area (Å²) in [5.41, 5.74) is 0.230. The second-order valence-corrected chi connectivity index (χ2v) is 4.84. The van der Waals surface area contributed by atoms with Crippen LogP contribution in [0.3, 0.4) is 0 Å². The first kappa shape index (κ1) is 11.5. The molecule has 15 heavy (non-hydrogen) atoms. The fourth-order valence-electron chi connectivity index (χ4n) is 0.724. The van der Waals surface area contributed by atoms with Crippen molar-refractivity contribution in [2.45, 2.75) is 23.8 Å². The van der Waals surface area contributed by atoms with Crippen molar-refractivity contribution in [3.05, 3.63) is 18.0 Å². The Hall–Kier alpha value is -1.61. The van der Waals surface area contributed by atoms with E-state index in [-0.39, 0.29) is 5.69 Å². The predicted molar refractivity (Wildman–Crippen MR) is 54.3 cm³/mol. The van der Waals surface area contributed by atoms with Gasteiger partial charge in [-0.1, -0.05) is 11.8 Å². The summed E-state index contributed by atoms with van der Waals surface area (Å²) in [6.07, 6.45) is 1.44. The Labute approximate surface area is 91.2 Å². The van der Waals surface area contributed by atoms with Crippen molar-refractivity contribution < 1.29 is 9.90 Å². The second kappa shape index (κ2) is 4.28. The molecule has 0 saturated carbocycles. The summed E-state index contributed by atoms with van der Waals surface area (Å²) in [5.74, 6) is -0.946. The van der Waals surface area contributed by atoms with Crippen molar-refractivity contribution >= 4 is 17.7 Å². The van der Waals surface area contributed by atoms with E-state index in [1.807, 2.05) is 6.07 Å². The molecule has 0 spiro atoms. The van der Waals surface area contributed by atoms with E-state index in [1.165, 1.54) is 12.3 Å². The van der Waals surface area contributed by atoms with Gasteiger partial charge in [0.2, 0.25) is 0 Å². The van der Waals surface area contributed by atoms with Crippen LogP contribution in [0.4, 0.5) is 0 Å². The van der Waals surface area contributed by atoms with Crippen LogP contribution in [-0.2, 0) is 4.79 Å². The number of nitrogens with zero attached hydrogens (tertiary/aromatic N) is 3. The lowest BCUT2D eigenvalue weighted by molar-refractivity contribution is -0.138. The van der Waals surface area contributed by atoms with E-state index in [0.29, 0.717) is 5.16 Å². The van der Waals surface area contributed by atoms with Crippen LogP contribution in [0.1, 0.15) is 19.5 Å². The minimum absolute atomic E-state index is 0.230. The van der Waals surface area contributed by atoms with Gasteiger partial charge in [-0.25, -0.2) is 9.97 Å². The molecular formula is C9H9N3O2S. The Morgan fingerprint density at radius 1 is 1.67 bits per heavy atom.